The Balaban J connectivity index is 2.37. The molecule has 13 heavy (non-hydrogen) atoms. The van der Waals surface area contributed by atoms with Crippen molar-refractivity contribution in [1.29, 1.82) is 0 Å². The summed E-state index contributed by atoms with van der Waals surface area (Å²) in [5, 5.41) is 0. The van der Waals surface area contributed by atoms with Crippen molar-refractivity contribution >= 4 is 5.97 Å². The highest BCUT2D eigenvalue weighted by atomic mass is 16.7. The van der Waals surface area contributed by atoms with Gasteiger partial charge in [-0.2, -0.15) is 0 Å². The lowest BCUT2D eigenvalue weighted by atomic mass is 10.2. The molecule has 0 bridgehead atoms. The Bertz CT molecular complexity index is 200. The molecule has 0 aromatic rings. The van der Waals surface area contributed by atoms with Crippen molar-refractivity contribution in [2.75, 3.05) is 13.7 Å². The average molecular weight is 186 g/mol. The van der Waals surface area contributed by atoms with Crippen molar-refractivity contribution < 1.29 is 19.0 Å². The summed E-state index contributed by atoms with van der Waals surface area (Å²) in [6, 6.07) is 0. The molecule has 4 heteroatoms. The minimum atomic E-state index is -0.550. The van der Waals surface area contributed by atoms with Crippen molar-refractivity contribution in [2.24, 2.45) is 0 Å². The number of hydrogen-bond donors (Lipinski definition) is 0. The second-order valence-electron chi connectivity index (χ2n) is 2.86. The quantitative estimate of drug-likeness (QED) is 0.484. The highest BCUT2D eigenvalue weighted by Crippen LogP contribution is 2.13. The summed E-state index contributed by atoms with van der Waals surface area (Å²) in [5.74, 6) is -0.340. The molecule has 1 rings (SSSR count). The van der Waals surface area contributed by atoms with Gasteiger partial charge in [-0.05, 0) is 12.5 Å². The molecule has 0 radical (unpaired) electrons. The van der Waals surface area contributed by atoms with Crippen molar-refractivity contribution in [2.45, 2.75) is 25.7 Å². The number of methoxy groups -OCH3 is 1. The molecule has 0 fully saturated rings. The molecule has 0 aliphatic carbocycles. The Morgan fingerprint density at radius 2 is 2.46 bits per heavy atom. The van der Waals surface area contributed by atoms with Gasteiger partial charge in [0.25, 0.3) is 0 Å². The van der Waals surface area contributed by atoms with E-state index < -0.39 is 6.29 Å². The monoisotopic (exact) mass is 186 g/mol. The molecule has 0 amide bonds. The van der Waals surface area contributed by atoms with E-state index in [1.54, 1.807) is 13.2 Å². The van der Waals surface area contributed by atoms with Crippen LogP contribution in [0.4, 0.5) is 0 Å². The fourth-order valence-electron chi connectivity index (χ4n) is 1.16. The second kappa shape index (κ2) is 4.99. The van der Waals surface area contributed by atoms with Crippen molar-refractivity contribution in [3.63, 3.8) is 0 Å². The second-order valence-corrected chi connectivity index (χ2v) is 2.86. The number of carbonyl (C=O) groups is 1. The van der Waals surface area contributed by atoms with Crippen LogP contribution in [0.1, 0.15) is 13.3 Å². The van der Waals surface area contributed by atoms with E-state index in [0.29, 0.717) is 6.61 Å². The lowest BCUT2D eigenvalue weighted by Crippen LogP contribution is -2.30. The van der Waals surface area contributed by atoms with E-state index in [2.05, 4.69) is 0 Å². The van der Waals surface area contributed by atoms with E-state index in [1.165, 1.54) is 6.92 Å². The maximum absolute atomic E-state index is 10.6. The van der Waals surface area contributed by atoms with E-state index in [1.807, 2.05) is 6.08 Å². The molecule has 0 saturated heterocycles. The first-order valence-electron chi connectivity index (χ1n) is 4.20. The number of esters is 1. The molecule has 0 N–H and O–H groups in total. The Morgan fingerprint density at radius 3 is 3.08 bits per heavy atom. The van der Waals surface area contributed by atoms with Gasteiger partial charge in [0.15, 0.2) is 0 Å². The summed E-state index contributed by atoms with van der Waals surface area (Å²) in [6.07, 6.45) is 3.89. The third kappa shape index (κ3) is 3.57. The zero-order chi connectivity index (χ0) is 9.68. The maximum atomic E-state index is 10.6. The summed E-state index contributed by atoms with van der Waals surface area (Å²) >= 11 is 0. The normalized spacial score (nSPS) is 27.2. The lowest BCUT2D eigenvalue weighted by molar-refractivity contribution is -0.181. The molecular weight excluding hydrogens is 172 g/mol. The van der Waals surface area contributed by atoms with Crippen LogP contribution in [0, 0.1) is 0 Å². The van der Waals surface area contributed by atoms with Gasteiger partial charge in [0.1, 0.15) is 0 Å². The summed E-state index contributed by atoms with van der Waals surface area (Å²) < 4.78 is 15.2. The molecule has 0 aromatic heterocycles. The molecule has 1 aliphatic heterocycles. The van der Waals surface area contributed by atoms with Crippen LogP contribution >= 0.6 is 0 Å². The van der Waals surface area contributed by atoms with Gasteiger partial charge in [0, 0.05) is 14.0 Å². The molecular formula is C9H14O4. The molecule has 0 spiro atoms. The number of hydrogen-bond acceptors (Lipinski definition) is 4. The zero-order valence-electron chi connectivity index (χ0n) is 7.86. The molecule has 0 unspecified atom stereocenters. The molecule has 1 heterocycles. The topological polar surface area (TPSA) is 44.8 Å². The Labute approximate surface area is 77.5 Å². The van der Waals surface area contributed by atoms with Crippen LogP contribution in [0.15, 0.2) is 12.2 Å². The molecule has 0 aromatic carbocycles. The number of rotatable bonds is 3. The predicted molar refractivity (Wildman–Crippen MR) is 46.1 cm³/mol. The van der Waals surface area contributed by atoms with Gasteiger partial charge in [-0.1, -0.05) is 6.08 Å². The molecule has 74 valence electrons. The third-order valence-electron chi connectivity index (χ3n) is 1.65. The van der Waals surface area contributed by atoms with E-state index >= 15 is 0 Å². The van der Waals surface area contributed by atoms with Crippen molar-refractivity contribution in [1.82, 2.24) is 0 Å². The molecule has 0 saturated carbocycles. The van der Waals surface area contributed by atoms with Gasteiger partial charge in [-0.3, -0.25) is 4.79 Å². The van der Waals surface area contributed by atoms with Crippen molar-refractivity contribution in [3.05, 3.63) is 12.2 Å². The van der Waals surface area contributed by atoms with Crippen molar-refractivity contribution in [3.8, 4) is 0 Å². The van der Waals surface area contributed by atoms with Crippen LogP contribution in [0.25, 0.3) is 0 Å². The highest BCUT2D eigenvalue weighted by Gasteiger charge is 2.19. The average Bonchev–Trinajstić information content (AvgIpc) is 2.04. The smallest absolute Gasteiger partial charge is 0.305 e. The molecule has 2 atom stereocenters. The van der Waals surface area contributed by atoms with Gasteiger partial charge in [0.2, 0.25) is 6.29 Å². The largest absolute Gasteiger partial charge is 0.432 e. The fourth-order valence-corrected chi connectivity index (χ4v) is 1.16. The summed E-state index contributed by atoms with van der Waals surface area (Å²) in [4.78, 5) is 10.6. The summed E-state index contributed by atoms with van der Waals surface area (Å²) in [6.45, 7) is 1.87. The van der Waals surface area contributed by atoms with E-state index in [9.17, 15) is 4.79 Å². The standard InChI is InChI=1S/C9H14O4/c1-7(10)12-9-5-3-4-8(13-9)6-11-2/h3,5,8-9H,4,6H2,1-2H3/t8-,9+/m0/s1. The third-order valence-corrected chi connectivity index (χ3v) is 1.65. The van der Waals surface area contributed by atoms with E-state index in [-0.39, 0.29) is 12.1 Å². The van der Waals surface area contributed by atoms with Crippen LogP contribution < -0.4 is 0 Å². The van der Waals surface area contributed by atoms with Crippen LogP contribution in [0.5, 0.6) is 0 Å². The van der Waals surface area contributed by atoms with Crippen LogP contribution in [-0.2, 0) is 19.0 Å². The number of ether oxygens (including phenoxy) is 3. The van der Waals surface area contributed by atoms with E-state index in [4.69, 9.17) is 14.2 Å². The predicted octanol–water partition coefficient (Wildman–Crippen LogP) is 0.867. The Morgan fingerprint density at radius 1 is 1.69 bits per heavy atom. The fraction of sp³-hybridized carbons (Fsp3) is 0.667. The van der Waals surface area contributed by atoms with Gasteiger partial charge >= 0.3 is 5.97 Å². The molecule has 4 nitrogen and oxygen atoms in total. The number of carbonyl (C=O) groups excluding carboxylic acids is 1. The van der Waals surface area contributed by atoms with Crippen LogP contribution in [0.2, 0.25) is 0 Å². The SMILES string of the molecule is COC[C@@H]1CC=C[C@H](OC(C)=O)O1. The van der Waals surface area contributed by atoms with Crippen LogP contribution in [0.3, 0.4) is 0 Å². The van der Waals surface area contributed by atoms with Gasteiger partial charge in [0.05, 0.1) is 12.7 Å². The minimum Gasteiger partial charge on any atom is -0.432 e. The Kier molecular flexibility index (Phi) is 3.92. The van der Waals surface area contributed by atoms with Crippen LogP contribution in [-0.4, -0.2) is 32.1 Å². The lowest BCUT2D eigenvalue weighted by Gasteiger charge is -2.24. The first kappa shape index (κ1) is 10.2. The van der Waals surface area contributed by atoms with Gasteiger partial charge in [-0.15, -0.1) is 0 Å². The summed E-state index contributed by atoms with van der Waals surface area (Å²) in [7, 11) is 1.61. The van der Waals surface area contributed by atoms with Gasteiger partial charge in [-0.25, -0.2) is 0 Å². The summed E-state index contributed by atoms with van der Waals surface area (Å²) in [5.41, 5.74) is 0. The molecule has 1 aliphatic rings. The first-order valence-corrected chi connectivity index (χ1v) is 4.20. The zero-order valence-corrected chi connectivity index (χ0v) is 7.86. The maximum Gasteiger partial charge on any atom is 0.305 e. The van der Waals surface area contributed by atoms with Gasteiger partial charge < -0.3 is 14.2 Å². The van der Waals surface area contributed by atoms with E-state index in [0.717, 1.165) is 6.42 Å². The highest BCUT2D eigenvalue weighted by molar-refractivity contribution is 5.66. The first-order chi connectivity index (χ1) is 6.22. The minimum absolute atomic E-state index is 0.0145. The Hall–Kier alpha value is -0.870.